The fraction of sp³-hybridized carbons (Fsp3) is 0.500. The number of halogens is 2. The first-order chi connectivity index (χ1) is 7.31. The van der Waals surface area contributed by atoms with Crippen molar-refractivity contribution in [3.8, 4) is 5.75 Å². The lowest BCUT2D eigenvalue weighted by molar-refractivity contribution is 0.275. The van der Waals surface area contributed by atoms with E-state index in [9.17, 15) is 4.39 Å². The highest BCUT2D eigenvalue weighted by atomic mass is 79.9. The predicted octanol–water partition coefficient (Wildman–Crippen LogP) is 4.50. The molecule has 1 aromatic rings. The molecule has 0 saturated carbocycles. The maximum atomic E-state index is 13.1. The van der Waals surface area contributed by atoms with Gasteiger partial charge in [-0.1, -0.05) is 42.9 Å². The van der Waals surface area contributed by atoms with Gasteiger partial charge in [-0.3, -0.25) is 0 Å². The highest BCUT2D eigenvalue weighted by molar-refractivity contribution is 9.10. The van der Waals surface area contributed by atoms with Crippen molar-refractivity contribution in [2.24, 2.45) is 0 Å². The van der Waals surface area contributed by atoms with Crippen LogP contribution in [0.1, 0.15) is 13.8 Å². The van der Waals surface area contributed by atoms with Gasteiger partial charge in [0.05, 0.1) is 15.4 Å². The normalized spacial score (nSPS) is 11.9. The first kappa shape index (κ1) is 13.7. The van der Waals surface area contributed by atoms with Crippen LogP contribution < -0.4 is 4.74 Å². The molecule has 89 valence electrons. The van der Waals surface area contributed by atoms with Gasteiger partial charge in [-0.15, -0.1) is 0 Å². The number of hydrogen-bond donors (Lipinski definition) is 0. The summed E-state index contributed by atoms with van der Waals surface area (Å²) in [4.78, 5) is 0. The van der Waals surface area contributed by atoms with Crippen LogP contribution in [0, 0.1) is 5.82 Å². The van der Waals surface area contributed by atoms with Crippen molar-refractivity contribution in [2.45, 2.75) is 32.0 Å². The number of ether oxygens (including phenoxy) is 1. The summed E-state index contributed by atoms with van der Waals surface area (Å²) in [5, 5.41) is 0.184. The molecule has 0 saturated heterocycles. The lowest BCUT2D eigenvalue weighted by atomic mass is 10.2. The first-order valence-electron chi connectivity index (χ1n) is 5.21. The van der Waals surface area contributed by atoms with E-state index >= 15 is 0 Å². The second-order valence-corrected chi connectivity index (χ2v) is 9.05. The van der Waals surface area contributed by atoms with Crippen molar-refractivity contribution < 1.29 is 9.13 Å². The van der Waals surface area contributed by atoms with Crippen LogP contribution in [0.25, 0.3) is 0 Å². The SMILES string of the molecule is C[Si](C)C(C)(C)COc1cc(F)cc(Br)c1. The Bertz CT molecular complexity index is 346. The van der Waals surface area contributed by atoms with Gasteiger partial charge in [0, 0.05) is 10.5 Å². The Kier molecular flexibility index (Phi) is 4.56. The van der Waals surface area contributed by atoms with Gasteiger partial charge in [-0.2, -0.15) is 0 Å². The van der Waals surface area contributed by atoms with Gasteiger partial charge in [0.15, 0.2) is 0 Å². The van der Waals surface area contributed by atoms with Crippen LogP contribution in [0.4, 0.5) is 4.39 Å². The molecular formula is C12H17BrFOSi. The highest BCUT2D eigenvalue weighted by Crippen LogP contribution is 2.30. The van der Waals surface area contributed by atoms with Crippen molar-refractivity contribution in [1.29, 1.82) is 0 Å². The summed E-state index contributed by atoms with van der Waals surface area (Å²) < 4.78 is 19.5. The van der Waals surface area contributed by atoms with Crippen molar-refractivity contribution in [1.82, 2.24) is 0 Å². The van der Waals surface area contributed by atoms with E-state index < -0.39 is 8.80 Å². The largest absolute Gasteiger partial charge is 0.493 e. The minimum absolute atomic E-state index is 0.184. The third-order valence-corrected chi connectivity index (χ3v) is 6.10. The molecule has 0 atom stereocenters. The zero-order valence-electron chi connectivity index (χ0n) is 10.1. The van der Waals surface area contributed by atoms with Crippen LogP contribution in [-0.4, -0.2) is 15.4 Å². The molecule has 0 amide bonds. The number of hydrogen-bond acceptors (Lipinski definition) is 1. The summed E-state index contributed by atoms with van der Waals surface area (Å²) >= 11 is 3.25. The van der Waals surface area contributed by atoms with Crippen molar-refractivity contribution >= 4 is 24.7 Å². The molecule has 0 N–H and O–H groups in total. The van der Waals surface area contributed by atoms with Gasteiger partial charge >= 0.3 is 0 Å². The van der Waals surface area contributed by atoms with Gasteiger partial charge in [-0.25, -0.2) is 4.39 Å². The molecule has 0 bridgehead atoms. The van der Waals surface area contributed by atoms with E-state index in [-0.39, 0.29) is 10.9 Å². The summed E-state index contributed by atoms with van der Waals surface area (Å²) in [5.41, 5.74) is 0. The topological polar surface area (TPSA) is 9.23 Å². The van der Waals surface area contributed by atoms with Crippen LogP contribution >= 0.6 is 15.9 Å². The van der Waals surface area contributed by atoms with Crippen LogP contribution in [0.5, 0.6) is 5.75 Å². The Balaban J connectivity index is 2.68. The average Bonchev–Trinajstić information content (AvgIpc) is 2.13. The van der Waals surface area contributed by atoms with Gasteiger partial charge in [-0.05, 0) is 17.2 Å². The monoisotopic (exact) mass is 303 g/mol. The smallest absolute Gasteiger partial charge is 0.128 e. The zero-order valence-corrected chi connectivity index (χ0v) is 12.7. The molecule has 0 aromatic heterocycles. The molecule has 0 aliphatic rings. The summed E-state index contributed by atoms with van der Waals surface area (Å²) in [6, 6.07) is 4.63. The van der Waals surface area contributed by atoms with Crippen molar-refractivity contribution in [2.75, 3.05) is 6.61 Å². The third kappa shape index (κ3) is 3.90. The fourth-order valence-corrected chi connectivity index (χ4v) is 1.83. The van der Waals surface area contributed by atoms with Crippen LogP contribution in [-0.2, 0) is 0 Å². The lowest BCUT2D eigenvalue weighted by Gasteiger charge is -2.27. The standard InChI is InChI=1S/C12H17BrFOSi/c1-12(2,16(3)4)8-15-11-6-9(13)5-10(14)7-11/h5-7H,8H2,1-4H3. The van der Waals surface area contributed by atoms with Gasteiger partial charge in [0.25, 0.3) is 0 Å². The summed E-state index contributed by atoms with van der Waals surface area (Å²) in [5.74, 6) is 0.309. The van der Waals surface area contributed by atoms with E-state index in [2.05, 4.69) is 42.9 Å². The Morgan fingerprint density at radius 3 is 2.44 bits per heavy atom. The van der Waals surface area contributed by atoms with Crippen molar-refractivity contribution in [3.05, 3.63) is 28.5 Å². The molecule has 1 rings (SSSR count). The van der Waals surface area contributed by atoms with E-state index in [1.165, 1.54) is 12.1 Å². The quantitative estimate of drug-likeness (QED) is 0.744. The Morgan fingerprint density at radius 1 is 1.31 bits per heavy atom. The molecule has 0 aliphatic heterocycles. The van der Waals surface area contributed by atoms with E-state index in [4.69, 9.17) is 4.74 Å². The number of benzene rings is 1. The van der Waals surface area contributed by atoms with E-state index in [1.807, 2.05) is 0 Å². The van der Waals surface area contributed by atoms with Gasteiger partial charge in [0.1, 0.15) is 11.6 Å². The lowest BCUT2D eigenvalue weighted by Crippen LogP contribution is -2.27. The molecule has 1 radical (unpaired) electrons. The third-order valence-electron chi connectivity index (χ3n) is 2.79. The Labute approximate surface area is 107 Å². The van der Waals surface area contributed by atoms with Crippen LogP contribution in [0.15, 0.2) is 22.7 Å². The van der Waals surface area contributed by atoms with Crippen LogP contribution in [0.2, 0.25) is 18.1 Å². The maximum Gasteiger partial charge on any atom is 0.128 e. The molecule has 0 fully saturated rings. The minimum Gasteiger partial charge on any atom is -0.493 e. The molecule has 0 heterocycles. The molecule has 0 spiro atoms. The molecule has 16 heavy (non-hydrogen) atoms. The van der Waals surface area contributed by atoms with Gasteiger partial charge < -0.3 is 4.74 Å². The van der Waals surface area contributed by atoms with Crippen molar-refractivity contribution in [3.63, 3.8) is 0 Å². The number of rotatable bonds is 4. The second-order valence-electron chi connectivity index (χ2n) is 4.78. The maximum absolute atomic E-state index is 13.1. The Morgan fingerprint density at radius 2 is 1.94 bits per heavy atom. The van der Waals surface area contributed by atoms with E-state index in [1.54, 1.807) is 6.07 Å². The molecule has 1 nitrogen and oxygen atoms in total. The van der Waals surface area contributed by atoms with E-state index in [0.717, 1.165) is 0 Å². The fourth-order valence-electron chi connectivity index (χ4n) is 1.02. The zero-order chi connectivity index (χ0) is 12.3. The predicted molar refractivity (Wildman–Crippen MR) is 71.1 cm³/mol. The minimum atomic E-state index is -0.431. The molecular weight excluding hydrogens is 287 g/mol. The van der Waals surface area contributed by atoms with Gasteiger partial charge in [0.2, 0.25) is 0 Å². The second kappa shape index (κ2) is 5.32. The van der Waals surface area contributed by atoms with Crippen LogP contribution in [0.3, 0.4) is 0 Å². The average molecular weight is 304 g/mol. The molecule has 0 unspecified atom stereocenters. The molecule has 0 aliphatic carbocycles. The molecule has 1 aromatic carbocycles. The highest BCUT2D eigenvalue weighted by Gasteiger charge is 2.24. The summed E-state index contributed by atoms with van der Waals surface area (Å²) in [7, 11) is -0.431. The van der Waals surface area contributed by atoms with E-state index in [0.29, 0.717) is 16.8 Å². The summed E-state index contributed by atoms with van der Waals surface area (Å²) in [6.07, 6.45) is 0. The first-order valence-corrected chi connectivity index (χ1v) is 8.50. The Hall–Kier alpha value is -0.353. The summed E-state index contributed by atoms with van der Waals surface area (Å²) in [6.45, 7) is 9.53. The molecule has 4 heteroatoms.